The Morgan fingerprint density at radius 1 is 0.964 bits per heavy atom. The standard InChI is InChI=1S/C21H24BrNO5/c1-27-17(24)14-4-15(18(25)28-2)6-16(5-14)23-19(26)20-7-12-3-13(8-20)10-21(22,9-12)11-20/h4-6,12-13H,3,7-11H2,1-2H3,(H,23,26). The number of esters is 2. The first-order chi connectivity index (χ1) is 13.3. The maximum Gasteiger partial charge on any atom is 0.337 e. The number of hydrogen-bond acceptors (Lipinski definition) is 5. The number of carbonyl (C=O) groups excluding carboxylic acids is 3. The normalized spacial score (nSPS) is 32.7. The zero-order valence-corrected chi connectivity index (χ0v) is 17.6. The fraction of sp³-hybridized carbons (Fsp3) is 0.571. The van der Waals surface area contributed by atoms with Crippen LogP contribution in [0.2, 0.25) is 0 Å². The van der Waals surface area contributed by atoms with Crippen LogP contribution in [-0.4, -0.2) is 36.4 Å². The molecule has 6 nitrogen and oxygen atoms in total. The highest BCUT2D eigenvalue weighted by Crippen LogP contribution is 2.64. The Kier molecular flexibility index (Phi) is 4.76. The van der Waals surface area contributed by atoms with E-state index < -0.39 is 11.9 Å². The summed E-state index contributed by atoms with van der Waals surface area (Å²) in [7, 11) is 2.55. The molecule has 4 bridgehead atoms. The summed E-state index contributed by atoms with van der Waals surface area (Å²) in [5, 5.41) is 2.98. The third-order valence-electron chi connectivity index (χ3n) is 6.50. The molecular formula is C21H24BrNO5. The van der Waals surface area contributed by atoms with Crippen molar-refractivity contribution in [3.8, 4) is 0 Å². The van der Waals surface area contributed by atoms with E-state index in [-0.39, 0.29) is 26.8 Å². The van der Waals surface area contributed by atoms with E-state index in [4.69, 9.17) is 9.47 Å². The van der Waals surface area contributed by atoms with Crippen LogP contribution in [0.3, 0.4) is 0 Å². The van der Waals surface area contributed by atoms with Crippen molar-refractivity contribution >= 4 is 39.5 Å². The van der Waals surface area contributed by atoms with Gasteiger partial charge in [-0.2, -0.15) is 0 Å². The van der Waals surface area contributed by atoms with Gasteiger partial charge in [0, 0.05) is 10.0 Å². The van der Waals surface area contributed by atoms with E-state index >= 15 is 0 Å². The van der Waals surface area contributed by atoms with Gasteiger partial charge in [0.15, 0.2) is 0 Å². The van der Waals surface area contributed by atoms with Crippen LogP contribution in [0.1, 0.15) is 59.2 Å². The van der Waals surface area contributed by atoms with Crippen molar-refractivity contribution in [3.05, 3.63) is 29.3 Å². The Hall–Kier alpha value is -1.89. The summed E-state index contributed by atoms with van der Waals surface area (Å²) in [5.41, 5.74) is 0.416. The summed E-state index contributed by atoms with van der Waals surface area (Å²) in [4.78, 5) is 37.3. The predicted molar refractivity (Wildman–Crippen MR) is 107 cm³/mol. The van der Waals surface area contributed by atoms with Gasteiger partial charge in [-0.1, -0.05) is 15.9 Å². The first-order valence-electron chi connectivity index (χ1n) is 9.58. The van der Waals surface area contributed by atoms with Crippen LogP contribution in [0.4, 0.5) is 5.69 Å². The molecule has 4 aliphatic carbocycles. The average molecular weight is 450 g/mol. The molecule has 0 aliphatic heterocycles. The van der Waals surface area contributed by atoms with Crippen molar-refractivity contribution in [2.75, 3.05) is 19.5 Å². The number of ether oxygens (including phenoxy) is 2. The van der Waals surface area contributed by atoms with Crippen molar-refractivity contribution in [3.63, 3.8) is 0 Å². The molecule has 150 valence electrons. The van der Waals surface area contributed by atoms with Gasteiger partial charge in [-0.3, -0.25) is 4.79 Å². The van der Waals surface area contributed by atoms with E-state index in [1.165, 1.54) is 26.7 Å². The number of nitrogens with one attached hydrogen (secondary N) is 1. The Morgan fingerprint density at radius 3 is 1.96 bits per heavy atom. The largest absolute Gasteiger partial charge is 0.465 e. The molecule has 1 aromatic carbocycles. The maximum absolute atomic E-state index is 13.3. The number of carbonyl (C=O) groups is 3. The third-order valence-corrected chi connectivity index (χ3v) is 7.43. The lowest BCUT2D eigenvalue weighted by Crippen LogP contribution is -2.57. The third kappa shape index (κ3) is 3.34. The molecule has 1 N–H and O–H groups in total. The highest BCUT2D eigenvalue weighted by Gasteiger charge is 2.59. The smallest absolute Gasteiger partial charge is 0.337 e. The van der Waals surface area contributed by atoms with Crippen LogP contribution < -0.4 is 5.32 Å². The van der Waals surface area contributed by atoms with Crippen LogP contribution in [0.5, 0.6) is 0 Å². The highest BCUT2D eigenvalue weighted by molar-refractivity contribution is 9.10. The fourth-order valence-corrected chi connectivity index (χ4v) is 7.30. The number of anilines is 1. The molecule has 0 spiro atoms. The second-order valence-electron chi connectivity index (χ2n) is 8.63. The van der Waals surface area contributed by atoms with E-state index in [1.807, 2.05) is 0 Å². The van der Waals surface area contributed by atoms with E-state index in [9.17, 15) is 14.4 Å². The van der Waals surface area contributed by atoms with Gasteiger partial charge in [0.1, 0.15) is 0 Å². The molecule has 2 atom stereocenters. The second kappa shape index (κ2) is 6.87. The first kappa shape index (κ1) is 19.4. The molecule has 5 rings (SSSR count). The molecule has 1 aromatic rings. The summed E-state index contributed by atoms with van der Waals surface area (Å²) < 4.78 is 9.61. The predicted octanol–water partition coefficient (Wildman–Crippen LogP) is 3.93. The van der Waals surface area contributed by atoms with Crippen molar-refractivity contribution in [1.82, 2.24) is 0 Å². The van der Waals surface area contributed by atoms with E-state index in [1.54, 1.807) is 12.1 Å². The number of alkyl halides is 1. The Morgan fingerprint density at radius 2 is 1.50 bits per heavy atom. The zero-order chi connectivity index (χ0) is 20.1. The van der Waals surface area contributed by atoms with E-state index in [2.05, 4.69) is 21.2 Å². The molecule has 0 aromatic heterocycles. The lowest BCUT2D eigenvalue weighted by molar-refractivity contribution is -0.138. The molecule has 4 saturated carbocycles. The SMILES string of the molecule is COC(=O)c1cc(NC(=O)C23CC4CC(CC(Br)(C4)C2)C3)cc(C(=O)OC)c1. The van der Waals surface area contributed by atoms with Crippen molar-refractivity contribution in [1.29, 1.82) is 0 Å². The van der Waals surface area contributed by atoms with Crippen LogP contribution in [0, 0.1) is 17.3 Å². The molecule has 4 aliphatic rings. The molecule has 0 radical (unpaired) electrons. The van der Waals surface area contributed by atoms with Crippen molar-refractivity contribution in [2.24, 2.45) is 17.3 Å². The number of benzene rings is 1. The van der Waals surface area contributed by atoms with Crippen molar-refractivity contribution in [2.45, 2.75) is 42.8 Å². The minimum Gasteiger partial charge on any atom is -0.465 e. The van der Waals surface area contributed by atoms with Crippen LogP contribution in [-0.2, 0) is 14.3 Å². The summed E-state index contributed by atoms with van der Waals surface area (Å²) >= 11 is 3.92. The molecule has 7 heteroatoms. The highest BCUT2D eigenvalue weighted by atomic mass is 79.9. The minimum atomic E-state index is -0.574. The lowest BCUT2D eigenvalue weighted by Gasteiger charge is -2.59. The number of amides is 1. The number of halogens is 1. The topological polar surface area (TPSA) is 81.7 Å². The van der Waals surface area contributed by atoms with Gasteiger partial charge in [-0.25, -0.2) is 9.59 Å². The molecule has 0 heterocycles. The van der Waals surface area contributed by atoms with Gasteiger partial charge in [-0.05, 0) is 68.6 Å². The maximum atomic E-state index is 13.3. The monoisotopic (exact) mass is 449 g/mol. The quantitative estimate of drug-likeness (QED) is 0.556. The summed E-state index contributed by atoms with van der Waals surface area (Å²) in [6.07, 6.45) is 6.14. The summed E-state index contributed by atoms with van der Waals surface area (Å²) in [6, 6.07) is 4.49. The molecular weight excluding hydrogens is 426 g/mol. The van der Waals surface area contributed by atoms with Crippen LogP contribution in [0.15, 0.2) is 18.2 Å². The van der Waals surface area contributed by atoms with Gasteiger partial charge in [-0.15, -0.1) is 0 Å². The van der Waals surface area contributed by atoms with Gasteiger partial charge in [0.2, 0.25) is 5.91 Å². The lowest BCUT2D eigenvalue weighted by atomic mass is 9.49. The second-order valence-corrected chi connectivity index (χ2v) is 10.3. The Bertz CT molecular complexity index is 803. The Labute approximate surface area is 172 Å². The molecule has 2 unspecified atom stereocenters. The van der Waals surface area contributed by atoms with Gasteiger partial charge >= 0.3 is 11.9 Å². The van der Waals surface area contributed by atoms with E-state index in [0.29, 0.717) is 17.5 Å². The molecule has 4 fully saturated rings. The summed E-state index contributed by atoms with van der Waals surface area (Å²) in [6.45, 7) is 0. The van der Waals surface area contributed by atoms with Crippen LogP contribution >= 0.6 is 15.9 Å². The molecule has 0 saturated heterocycles. The first-order valence-corrected chi connectivity index (χ1v) is 10.4. The fourth-order valence-electron chi connectivity index (χ4n) is 5.85. The van der Waals surface area contributed by atoms with Crippen LogP contribution in [0.25, 0.3) is 0 Å². The number of hydrogen-bond donors (Lipinski definition) is 1. The van der Waals surface area contributed by atoms with E-state index in [0.717, 1.165) is 32.1 Å². The minimum absolute atomic E-state index is 0.0248. The van der Waals surface area contributed by atoms with Gasteiger partial charge in [0.05, 0.1) is 30.8 Å². The zero-order valence-electron chi connectivity index (χ0n) is 16.0. The Balaban J connectivity index is 1.62. The van der Waals surface area contributed by atoms with Gasteiger partial charge < -0.3 is 14.8 Å². The van der Waals surface area contributed by atoms with Crippen molar-refractivity contribution < 1.29 is 23.9 Å². The van der Waals surface area contributed by atoms with Gasteiger partial charge in [0.25, 0.3) is 0 Å². The summed E-state index contributed by atoms with van der Waals surface area (Å²) in [5.74, 6) is -0.00832. The number of methoxy groups -OCH3 is 2. The molecule has 28 heavy (non-hydrogen) atoms. The number of rotatable bonds is 4. The average Bonchev–Trinajstić information content (AvgIpc) is 2.64. The molecule has 1 amide bonds.